The van der Waals surface area contributed by atoms with Gasteiger partial charge in [-0.3, -0.25) is 0 Å². The molecule has 0 saturated carbocycles. The van der Waals surface area contributed by atoms with Gasteiger partial charge in [-0.2, -0.15) is 0 Å². The molecule has 1 saturated heterocycles. The van der Waals surface area contributed by atoms with Crippen LogP contribution in [0.15, 0.2) is 60.7 Å². The Hall–Kier alpha value is -3.87. The van der Waals surface area contributed by atoms with E-state index < -0.39 is 5.97 Å². The Kier molecular flexibility index (Phi) is 8.21. The molecule has 0 aliphatic carbocycles. The minimum Gasteiger partial charge on any atom is -0.466 e. The molecule has 2 heterocycles. The largest absolute Gasteiger partial charge is 0.466 e. The number of amides is 1. The van der Waals surface area contributed by atoms with Crippen LogP contribution in [0.4, 0.5) is 10.5 Å². The summed E-state index contributed by atoms with van der Waals surface area (Å²) in [4.78, 5) is 32.9. The molecule has 36 heavy (non-hydrogen) atoms. The number of piperazine rings is 1. The first-order chi connectivity index (χ1) is 17.4. The Labute approximate surface area is 212 Å². The van der Waals surface area contributed by atoms with Gasteiger partial charge in [0.15, 0.2) is 0 Å². The maximum Gasteiger partial charge on any atom is 0.409 e. The first-order valence-corrected chi connectivity index (χ1v) is 12.3. The number of fused-ring (bicyclic) bond motifs is 1. The van der Waals surface area contributed by atoms with Gasteiger partial charge in [0.1, 0.15) is 0 Å². The van der Waals surface area contributed by atoms with Crippen LogP contribution >= 0.6 is 0 Å². The second kappa shape index (κ2) is 11.7. The summed E-state index contributed by atoms with van der Waals surface area (Å²) < 4.78 is 10.1. The molecule has 1 amide bonds. The van der Waals surface area contributed by atoms with Crippen LogP contribution < -0.4 is 4.90 Å². The zero-order valence-electron chi connectivity index (χ0n) is 21.1. The smallest absolute Gasteiger partial charge is 0.409 e. The van der Waals surface area contributed by atoms with Gasteiger partial charge in [-0.25, -0.2) is 14.6 Å². The minimum absolute atomic E-state index is 0.251. The zero-order valence-corrected chi connectivity index (χ0v) is 21.1. The highest BCUT2D eigenvalue weighted by Gasteiger charge is 2.24. The number of carbonyl (C=O) groups excluding carboxylic acids is 2. The molecular formula is C29H33N3O4. The third-order valence-corrected chi connectivity index (χ3v) is 6.11. The van der Waals surface area contributed by atoms with Gasteiger partial charge in [-0.05, 0) is 47.7 Å². The zero-order chi connectivity index (χ0) is 25.5. The molecule has 0 radical (unpaired) electrons. The van der Waals surface area contributed by atoms with Gasteiger partial charge in [0.2, 0.25) is 0 Å². The number of rotatable bonds is 7. The quantitative estimate of drug-likeness (QED) is 0.348. The molecule has 3 aromatic rings. The first-order valence-electron chi connectivity index (χ1n) is 12.3. The number of ether oxygens (including phenoxy) is 2. The van der Waals surface area contributed by atoms with Crippen LogP contribution in [0.1, 0.15) is 30.7 Å². The number of benzene rings is 2. The van der Waals surface area contributed by atoms with E-state index in [2.05, 4.69) is 41.3 Å². The molecule has 0 spiro atoms. The van der Waals surface area contributed by atoms with Gasteiger partial charge in [-0.1, -0.05) is 50.2 Å². The summed E-state index contributed by atoms with van der Waals surface area (Å²) in [5.74, 6) is -0.113. The van der Waals surface area contributed by atoms with E-state index >= 15 is 0 Å². The fraction of sp³-hybridized carbons (Fsp3) is 0.345. The van der Waals surface area contributed by atoms with Crippen molar-refractivity contribution in [2.75, 3.05) is 44.8 Å². The Morgan fingerprint density at radius 2 is 1.75 bits per heavy atom. The number of anilines is 1. The fourth-order valence-corrected chi connectivity index (χ4v) is 4.24. The summed E-state index contributed by atoms with van der Waals surface area (Å²) in [5, 5.41) is 1.03. The average Bonchev–Trinajstić information content (AvgIpc) is 2.90. The van der Waals surface area contributed by atoms with E-state index in [-0.39, 0.29) is 6.09 Å². The highest BCUT2D eigenvalue weighted by molar-refractivity contribution is 5.93. The highest BCUT2D eigenvalue weighted by Crippen LogP contribution is 2.30. The van der Waals surface area contributed by atoms with Crippen molar-refractivity contribution in [1.82, 2.24) is 9.88 Å². The molecule has 1 aromatic heterocycles. The molecule has 4 rings (SSSR count). The molecule has 0 N–H and O–H groups in total. The van der Waals surface area contributed by atoms with Crippen molar-refractivity contribution in [1.29, 1.82) is 0 Å². The van der Waals surface area contributed by atoms with Crippen molar-refractivity contribution >= 4 is 34.7 Å². The number of hydrogen-bond donors (Lipinski definition) is 0. The molecule has 0 unspecified atom stereocenters. The molecule has 0 atom stereocenters. The Morgan fingerprint density at radius 3 is 2.44 bits per heavy atom. The fourth-order valence-electron chi connectivity index (χ4n) is 4.24. The van der Waals surface area contributed by atoms with Crippen molar-refractivity contribution in [2.24, 2.45) is 5.92 Å². The second-order valence-corrected chi connectivity index (χ2v) is 9.39. The summed E-state index contributed by atoms with van der Waals surface area (Å²) >= 11 is 0. The van der Waals surface area contributed by atoms with E-state index in [0.29, 0.717) is 44.4 Å². The lowest BCUT2D eigenvalue weighted by atomic mass is 10.0. The van der Waals surface area contributed by atoms with Crippen molar-refractivity contribution in [3.05, 3.63) is 77.5 Å². The van der Waals surface area contributed by atoms with Crippen molar-refractivity contribution < 1.29 is 19.1 Å². The molecule has 2 aromatic carbocycles. The summed E-state index contributed by atoms with van der Waals surface area (Å²) in [6.45, 7) is 7.03. The number of pyridine rings is 1. The van der Waals surface area contributed by atoms with Crippen LogP contribution in [-0.2, 0) is 20.7 Å². The van der Waals surface area contributed by atoms with E-state index in [1.165, 1.54) is 24.3 Å². The summed E-state index contributed by atoms with van der Waals surface area (Å²) in [7, 11) is 1.35. The van der Waals surface area contributed by atoms with Gasteiger partial charge >= 0.3 is 12.1 Å². The maximum atomic E-state index is 12.4. The third-order valence-electron chi connectivity index (χ3n) is 6.11. The van der Waals surface area contributed by atoms with Crippen LogP contribution in [-0.4, -0.2) is 61.8 Å². The van der Waals surface area contributed by atoms with Crippen molar-refractivity contribution in [3.8, 4) is 0 Å². The lowest BCUT2D eigenvalue weighted by molar-refractivity contribution is -0.134. The van der Waals surface area contributed by atoms with Gasteiger partial charge in [0, 0.05) is 37.6 Å². The topological polar surface area (TPSA) is 72.0 Å². The molecule has 7 nitrogen and oxygen atoms in total. The van der Waals surface area contributed by atoms with Crippen molar-refractivity contribution in [2.45, 2.75) is 20.3 Å². The summed E-state index contributed by atoms with van der Waals surface area (Å²) in [6.07, 6.45) is 3.60. The SMILES string of the molecule is COC(=O)/C=C/c1ccc2cc(Cc3ccccc3)cc(N3CCN(C(=O)OCC(C)C)CC3)c2n1. The van der Waals surface area contributed by atoms with Gasteiger partial charge in [0.05, 0.1) is 30.6 Å². The van der Waals surface area contributed by atoms with E-state index in [0.717, 1.165) is 23.0 Å². The second-order valence-electron chi connectivity index (χ2n) is 9.39. The molecule has 188 valence electrons. The molecular weight excluding hydrogens is 454 g/mol. The van der Waals surface area contributed by atoms with Gasteiger partial charge in [-0.15, -0.1) is 0 Å². The Balaban J connectivity index is 1.62. The third kappa shape index (κ3) is 6.42. The molecule has 1 aliphatic rings. The number of methoxy groups -OCH3 is 1. The lowest BCUT2D eigenvalue weighted by Crippen LogP contribution is -2.49. The Morgan fingerprint density at radius 1 is 1.00 bits per heavy atom. The number of nitrogens with zero attached hydrogens (tertiary/aromatic N) is 3. The predicted octanol–water partition coefficient (Wildman–Crippen LogP) is 4.93. The number of esters is 1. The lowest BCUT2D eigenvalue weighted by Gasteiger charge is -2.36. The predicted molar refractivity (Wildman–Crippen MR) is 142 cm³/mol. The number of aromatic nitrogens is 1. The van der Waals surface area contributed by atoms with E-state index in [9.17, 15) is 9.59 Å². The number of hydrogen-bond acceptors (Lipinski definition) is 6. The van der Waals surface area contributed by atoms with Crippen LogP contribution in [0.3, 0.4) is 0 Å². The normalized spacial score (nSPS) is 14.0. The van der Waals surface area contributed by atoms with Crippen molar-refractivity contribution in [3.63, 3.8) is 0 Å². The number of carbonyl (C=O) groups is 2. The molecule has 7 heteroatoms. The monoisotopic (exact) mass is 487 g/mol. The van der Waals surface area contributed by atoms with E-state index in [1.54, 1.807) is 11.0 Å². The molecule has 1 fully saturated rings. The highest BCUT2D eigenvalue weighted by atomic mass is 16.6. The minimum atomic E-state index is -0.421. The molecule has 0 bridgehead atoms. The molecule has 1 aliphatic heterocycles. The summed E-state index contributed by atoms with van der Waals surface area (Å²) in [6, 6.07) is 18.7. The maximum absolute atomic E-state index is 12.4. The standard InChI is InChI=1S/C29H33N3O4/c1-21(2)20-36-29(34)32-15-13-31(14-16-32)26-19-23(17-22-7-5-4-6-8-22)18-24-9-10-25(30-28(24)26)11-12-27(33)35-3/h4-12,18-19,21H,13-17,20H2,1-3H3/b12-11+. The van der Waals surface area contributed by atoms with Crippen LogP contribution in [0.5, 0.6) is 0 Å². The average molecular weight is 488 g/mol. The Bertz CT molecular complexity index is 1230. The van der Waals surface area contributed by atoms with E-state index in [1.807, 2.05) is 32.0 Å². The summed E-state index contributed by atoms with van der Waals surface area (Å²) in [5.41, 5.74) is 5.02. The van der Waals surface area contributed by atoms with Crippen LogP contribution in [0.2, 0.25) is 0 Å². The van der Waals surface area contributed by atoms with Gasteiger partial charge < -0.3 is 19.3 Å². The van der Waals surface area contributed by atoms with Crippen LogP contribution in [0.25, 0.3) is 17.0 Å². The first kappa shape index (κ1) is 25.2. The van der Waals surface area contributed by atoms with E-state index in [4.69, 9.17) is 14.5 Å². The van der Waals surface area contributed by atoms with Crippen LogP contribution in [0, 0.1) is 5.92 Å². The van der Waals surface area contributed by atoms with Gasteiger partial charge in [0.25, 0.3) is 0 Å².